The van der Waals surface area contributed by atoms with Crippen molar-refractivity contribution >= 4 is 0 Å². The molecule has 2 aromatic rings. The van der Waals surface area contributed by atoms with Gasteiger partial charge in [0.1, 0.15) is 5.75 Å². The third-order valence-corrected chi connectivity index (χ3v) is 3.24. The van der Waals surface area contributed by atoms with E-state index >= 15 is 0 Å². The van der Waals surface area contributed by atoms with E-state index in [0.717, 1.165) is 17.5 Å². The summed E-state index contributed by atoms with van der Waals surface area (Å²) < 4.78 is 0. The maximum Gasteiger partial charge on any atom is 0.123 e. The van der Waals surface area contributed by atoms with E-state index in [1.165, 1.54) is 24.0 Å². The molecule has 18 heavy (non-hydrogen) atoms. The number of aromatic hydroxyl groups is 1. The smallest absolute Gasteiger partial charge is 0.123 e. The number of phenolic OH excluding ortho intramolecular Hbond substituents is 1. The van der Waals surface area contributed by atoms with Crippen LogP contribution in [-0.4, -0.2) is 5.11 Å². The van der Waals surface area contributed by atoms with Crippen molar-refractivity contribution < 1.29 is 5.11 Å². The van der Waals surface area contributed by atoms with E-state index in [0.29, 0.717) is 5.75 Å². The van der Waals surface area contributed by atoms with Crippen molar-refractivity contribution in [2.75, 3.05) is 0 Å². The molecule has 0 saturated carbocycles. The van der Waals surface area contributed by atoms with Crippen LogP contribution in [0, 0.1) is 6.92 Å². The van der Waals surface area contributed by atoms with Crippen molar-refractivity contribution in [3.8, 4) is 16.9 Å². The lowest BCUT2D eigenvalue weighted by molar-refractivity contribution is 0.477. The summed E-state index contributed by atoms with van der Waals surface area (Å²) in [7, 11) is 0. The summed E-state index contributed by atoms with van der Waals surface area (Å²) in [6, 6.07) is 14.2. The van der Waals surface area contributed by atoms with Gasteiger partial charge in [0.25, 0.3) is 0 Å². The van der Waals surface area contributed by atoms with Crippen molar-refractivity contribution in [3.63, 3.8) is 0 Å². The molecule has 0 radical (unpaired) electrons. The summed E-state index contributed by atoms with van der Waals surface area (Å²) in [4.78, 5) is 0. The average Bonchev–Trinajstić information content (AvgIpc) is 2.39. The fourth-order valence-electron chi connectivity index (χ4n) is 2.08. The highest BCUT2D eigenvalue weighted by Crippen LogP contribution is 2.30. The summed E-state index contributed by atoms with van der Waals surface area (Å²) in [6.07, 6.45) is 3.47. The summed E-state index contributed by atoms with van der Waals surface area (Å²) in [5.74, 6) is 0.360. The van der Waals surface area contributed by atoms with Crippen LogP contribution in [0.15, 0.2) is 42.5 Å². The van der Waals surface area contributed by atoms with Crippen LogP contribution < -0.4 is 0 Å². The number of rotatable bonds is 4. The van der Waals surface area contributed by atoms with Crippen LogP contribution in [0.3, 0.4) is 0 Å². The van der Waals surface area contributed by atoms with Gasteiger partial charge in [0.05, 0.1) is 0 Å². The zero-order valence-corrected chi connectivity index (χ0v) is 11.1. The Kier molecular flexibility index (Phi) is 4.03. The molecule has 0 atom stereocenters. The van der Waals surface area contributed by atoms with Crippen molar-refractivity contribution in [2.45, 2.75) is 33.1 Å². The van der Waals surface area contributed by atoms with Gasteiger partial charge in [0, 0.05) is 5.56 Å². The highest BCUT2D eigenvalue weighted by atomic mass is 16.3. The molecule has 0 aliphatic carbocycles. The minimum absolute atomic E-state index is 0.360. The first-order valence-electron chi connectivity index (χ1n) is 6.59. The molecular formula is C17H20O. The second-order valence-corrected chi connectivity index (χ2v) is 4.82. The molecule has 2 rings (SSSR count). The normalized spacial score (nSPS) is 10.6. The molecule has 0 bridgehead atoms. The molecule has 0 heterocycles. The van der Waals surface area contributed by atoms with Crippen molar-refractivity contribution in [1.29, 1.82) is 0 Å². The Labute approximate surface area is 109 Å². The third kappa shape index (κ3) is 2.92. The van der Waals surface area contributed by atoms with Crippen LogP contribution in [0.4, 0.5) is 0 Å². The molecule has 0 aliphatic rings. The first-order chi connectivity index (χ1) is 8.70. The first-order valence-corrected chi connectivity index (χ1v) is 6.59. The molecule has 0 amide bonds. The SMILES string of the molecule is CCCCc1ccc(O)c(-c2ccc(C)cc2)c1. The Hall–Kier alpha value is -1.76. The predicted molar refractivity (Wildman–Crippen MR) is 76.9 cm³/mol. The van der Waals surface area contributed by atoms with Crippen molar-refractivity contribution in [2.24, 2.45) is 0 Å². The van der Waals surface area contributed by atoms with Crippen LogP contribution in [0.1, 0.15) is 30.9 Å². The molecule has 1 N–H and O–H groups in total. The topological polar surface area (TPSA) is 20.2 Å². The zero-order chi connectivity index (χ0) is 13.0. The molecule has 1 heteroatoms. The largest absolute Gasteiger partial charge is 0.507 e. The molecule has 0 aromatic heterocycles. The Morgan fingerprint density at radius 2 is 1.72 bits per heavy atom. The van der Waals surface area contributed by atoms with Crippen LogP contribution in [0.2, 0.25) is 0 Å². The number of unbranched alkanes of at least 4 members (excludes halogenated alkanes) is 1. The van der Waals surface area contributed by atoms with Gasteiger partial charge in [-0.2, -0.15) is 0 Å². The second kappa shape index (κ2) is 5.72. The van der Waals surface area contributed by atoms with Crippen LogP contribution in [0.25, 0.3) is 11.1 Å². The lowest BCUT2D eigenvalue weighted by Gasteiger charge is -2.08. The summed E-state index contributed by atoms with van der Waals surface area (Å²) in [5, 5.41) is 9.98. The lowest BCUT2D eigenvalue weighted by Crippen LogP contribution is -1.87. The summed E-state index contributed by atoms with van der Waals surface area (Å²) >= 11 is 0. The first kappa shape index (κ1) is 12.7. The van der Waals surface area contributed by atoms with Gasteiger partial charge >= 0.3 is 0 Å². The molecule has 2 aromatic carbocycles. The number of phenols is 1. The van der Waals surface area contributed by atoms with E-state index in [9.17, 15) is 5.11 Å². The van der Waals surface area contributed by atoms with Crippen molar-refractivity contribution in [3.05, 3.63) is 53.6 Å². The molecule has 94 valence electrons. The van der Waals surface area contributed by atoms with Gasteiger partial charge < -0.3 is 5.11 Å². The Morgan fingerprint density at radius 3 is 2.39 bits per heavy atom. The van der Waals surface area contributed by atoms with Gasteiger partial charge in [-0.15, -0.1) is 0 Å². The maximum absolute atomic E-state index is 9.98. The molecule has 0 spiro atoms. The molecule has 0 unspecified atom stereocenters. The van der Waals surface area contributed by atoms with Gasteiger partial charge in [-0.05, 0) is 43.0 Å². The van der Waals surface area contributed by atoms with E-state index in [2.05, 4.69) is 44.2 Å². The maximum atomic E-state index is 9.98. The van der Waals surface area contributed by atoms with Crippen LogP contribution >= 0.6 is 0 Å². The standard InChI is InChI=1S/C17H20O/c1-3-4-5-14-8-11-17(18)16(12-14)15-9-6-13(2)7-10-15/h6-12,18H,3-5H2,1-2H3. The molecule has 1 nitrogen and oxygen atoms in total. The monoisotopic (exact) mass is 240 g/mol. The minimum Gasteiger partial charge on any atom is -0.507 e. The van der Waals surface area contributed by atoms with Gasteiger partial charge in [0.15, 0.2) is 0 Å². The lowest BCUT2D eigenvalue weighted by atomic mass is 9.99. The number of benzene rings is 2. The Bertz CT molecular complexity index is 512. The molecule has 0 aliphatic heterocycles. The second-order valence-electron chi connectivity index (χ2n) is 4.82. The van der Waals surface area contributed by atoms with E-state index in [1.54, 1.807) is 6.07 Å². The van der Waals surface area contributed by atoms with E-state index in [4.69, 9.17) is 0 Å². The fourth-order valence-corrected chi connectivity index (χ4v) is 2.08. The predicted octanol–water partition coefficient (Wildman–Crippen LogP) is 4.71. The fraction of sp³-hybridized carbons (Fsp3) is 0.294. The van der Waals surface area contributed by atoms with E-state index < -0.39 is 0 Å². The van der Waals surface area contributed by atoms with Crippen molar-refractivity contribution in [1.82, 2.24) is 0 Å². The van der Waals surface area contributed by atoms with Gasteiger partial charge in [0.2, 0.25) is 0 Å². The molecule has 0 fully saturated rings. The number of hydrogen-bond donors (Lipinski definition) is 1. The third-order valence-electron chi connectivity index (χ3n) is 3.24. The van der Waals surface area contributed by atoms with Crippen LogP contribution in [-0.2, 0) is 6.42 Å². The van der Waals surface area contributed by atoms with E-state index in [1.807, 2.05) is 6.07 Å². The summed E-state index contributed by atoms with van der Waals surface area (Å²) in [6.45, 7) is 4.27. The van der Waals surface area contributed by atoms with Gasteiger partial charge in [-0.1, -0.05) is 49.2 Å². The summed E-state index contributed by atoms with van der Waals surface area (Å²) in [5.41, 5.74) is 4.55. The average molecular weight is 240 g/mol. The molecular weight excluding hydrogens is 220 g/mol. The van der Waals surface area contributed by atoms with Gasteiger partial charge in [-0.25, -0.2) is 0 Å². The highest BCUT2D eigenvalue weighted by Gasteiger charge is 2.05. The molecule has 0 saturated heterocycles. The van der Waals surface area contributed by atoms with E-state index in [-0.39, 0.29) is 0 Å². The minimum atomic E-state index is 0.360. The number of aryl methyl sites for hydroxylation is 2. The quantitative estimate of drug-likeness (QED) is 0.820. The highest BCUT2D eigenvalue weighted by molar-refractivity contribution is 5.70. The van der Waals surface area contributed by atoms with Crippen LogP contribution in [0.5, 0.6) is 5.75 Å². The Morgan fingerprint density at radius 1 is 1.00 bits per heavy atom. The van der Waals surface area contributed by atoms with Gasteiger partial charge in [-0.3, -0.25) is 0 Å². The number of hydrogen-bond acceptors (Lipinski definition) is 1. The zero-order valence-electron chi connectivity index (χ0n) is 11.1. The Balaban J connectivity index is 2.33.